The molecule has 0 radical (unpaired) electrons. The summed E-state index contributed by atoms with van der Waals surface area (Å²) >= 11 is 1.37. The zero-order chi connectivity index (χ0) is 27.6. The second kappa shape index (κ2) is 10.8. The van der Waals surface area contributed by atoms with E-state index in [1.165, 1.54) is 37.7 Å². The van der Waals surface area contributed by atoms with Gasteiger partial charge in [-0.3, -0.25) is 0 Å². The molecule has 10 nitrogen and oxygen atoms in total. The Labute approximate surface area is 224 Å². The number of rotatable bonds is 7. The van der Waals surface area contributed by atoms with Crippen molar-refractivity contribution >= 4 is 44.1 Å². The molecule has 1 aliphatic heterocycles. The monoisotopic (exact) mass is 554 g/mol. The summed E-state index contributed by atoms with van der Waals surface area (Å²) in [5.74, 6) is -1.81. The van der Waals surface area contributed by atoms with E-state index >= 15 is 0 Å². The number of benzene rings is 2. The summed E-state index contributed by atoms with van der Waals surface area (Å²) in [5.41, 5.74) is 4.57. The number of nitrogens with zero attached hydrogens (tertiary/aromatic N) is 1. The first-order valence-electron chi connectivity index (χ1n) is 11.3. The fraction of sp³-hybridized carbons (Fsp3) is 0.192. The van der Waals surface area contributed by atoms with Gasteiger partial charge in [0.1, 0.15) is 0 Å². The Morgan fingerprint density at radius 3 is 2.16 bits per heavy atom. The lowest BCUT2D eigenvalue weighted by Gasteiger charge is -2.30. The summed E-state index contributed by atoms with van der Waals surface area (Å²) in [6, 6.07) is 13.5. The average Bonchev–Trinajstić information content (AvgIpc) is 3.35. The van der Waals surface area contributed by atoms with Gasteiger partial charge >= 0.3 is 11.9 Å². The maximum atomic E-state index is 12.8. The predicted octanol–water partition coefficient (Wildman–Crippen LogP) is 3.78. The van der Waals surface area contributed by atoms with E-state index < -0.39 is 27.9 Å². The lowest BCUT2D eigenvalue weighted by Crippen LogP contribution is -2.32. The summed E-state index contributed by atoms with van der Waals surface area (Å²) in [4.78, 5) is 30.1. The van der Waals surface area contributed by atoms with Gasteiger partial charge in [0.2, 0.25) is 10.0 Å². The summed E-state index contributed by atoms with van der Waals surface area (Å²) < 4.78 is 33.1. The van der Waals surface area contributed by atoms with Crippen LogP contribution in [0.3, 0.4) is 0 Å². The Morgan fingerprint density at radius 2 is 1.61 bits per heavy atom. The molecule has 38 heavy (non-hydrogen) atoms. The number of nitrogens with two attached hydrogens (primary N) is 1. The number of dihydropyridines is 1. The van der Waals surface area contributed by atoms with Crippen molar-refractivity contribution in [1.29, 1.82) is 0 Å². The highest BCUT2D eigenvalue weighted by Gasteiger charge is 2.37. The minimum atomic E-state index is -3.78. The molecule has 0 amide bonds. The number of sulfonamides is 1. The Kier molecular flexibility index (Phi) is 7.67. The van der Waals surface area contributed by atoms with E-state index in [9.17, 15) is 18.0 Å². The number of carbonyl (C=O) groups is 2. The smallest absolute Gasteiger partial charge is 0.336 e. The van der Waals surface area contributed by atoms with Gasteiger partial charge < -0.3 is 20.1 Å². The predicted molar refractivity (Wildman–Crippen MR) is 144 cm³/mol. The number of nitrogens with one attached hydrogen (secondary N) is 2. The third kappa shape index (κ3) is 5.47. The fourth-order valence-corrected chi connectivity index (χ4v) is 5.54. The van der Waals surface area contributed by atoms with Gasteiger partial charge in [-0.1, -0.05) is 24.3 Å². The van der Waals surface area contributed by atoms with Crippen molar-refractivity contribution in [2.24, 2.45) is 5.14 Å². The van der Waals surface area contributed by atoms with E-state index in [1.54, 1.807) is 26.0 Å². The fourth-order valence-electron chi connectivity index (χ4n) is 4.29. The van der Waals surface area contributed by atoms with E-state index in [2.05, 4.69) is 15.6 Å². The molecule has 2 heterocycles. The highest BCUT2D eigenvalue weighted by Crippen LogP contribution is 2.40. The first-order valence-corrected chi connectivity index (χ1v) is 13.8. The second-order valence-corrected chi connectivity index (χ2v) is 10.9. The maximum absolute atomic E-state index is 12.8. The van der Waals surface area contributed by atoms with E-state index in [-0.39, 0.29) is 4.90 Å². The first kappa shape index (κ1) is 27.0. The minimum absolute atomic E-state index is 0.0239. The Bertz CT molecular complexity index is 1530. The molecule has 1 aliphatic rings. The lowest BCUT2D eigenvalue weighted by atomic mass is 9.80. The number of hydrogen-bond donors (Lipinski definition) is 3. The normalized spacial score (nSPS) is 14.2. The van der Waals surface area contributed by atoms with Crippen LogP contribution in [0.2, 0.25) is 0 Å². The molecule has 4 rings (SSSR count). The third-order valence-corrected chi connectivity index (χ3v) is 7.71. The summed E-state index contributed by atoms with van der Waals surface area (Å²) in [6.45, 7) is 3.51. The summed E-state index contributed by atoms with van der Waals surface area (Å²) in [7, 11) is -1.19. The summed E-state index contributed by atoms with van der Waals surface area (Å²) in [6.07, 6.45) is 0. The van der Waals surface area contributed by atoms with Crippen LogP contribution in [-0.2, 0) is 29.1 Å². The van der Waals surface area contributed by atoms with Crippen molar-refractivity contribution in [3.05, 3.63) is 82.0 Å². The number of thiazole rings is 1. The van der Waals surface area contributed by atoms with Crippen molar-refractivity contribution in [3.8, 4) is 11.3 Å². The van der Waals surface area contributed by atoms with Crippen LogP contribution >= 0.6 is 11.3 Å². The molecule has 0 bridgehead atoms. The van der Waals surface area contributed by atoms with Crippen molar-refractivity contribution in [2.75, 3.05) is 19.5 Å². The van der Waals surface area contributed by atoms with Crippen LogP contribution in [0.25, 0.3) is 11.3 Å². The molecule has 0 saturated heterocycles. The molecule has 0 saturated carbocycles. The van der Waals surface area contributed by atoms with E-state index in [0.29, 0.717) is 44.6 Å². The van der Waals surface area contributed by atoms with Crippen LogP contribution in [-0.4, -0.2) is 39.6 Å². The highest BCUT2D eigenvalue weighted by molar-refractivity contribution is 7.89. The molecule has 0 fully saturated rings. The second-order valence-electron chi connectivity index (χ2n) is 8.48. The average molecular weight is 555 g/mol. The largest absolute Gasteiger partial charge is 0.466 e. The van der Waals surface area contributed by atoms with Crippen LogP contribution in [0.4, 0.5) is 10.8 Å². The van der Waals surface area contributed by atoms with Gasteiger partial charge in [-0.2, -0.15) is 0 Å². The number of methoxy groups -OCH3 is 2. The Balaban J connectivity index is 1.66. The number of esters is 2. The van der Waals surface area contributed by atoms with Crippen LogP contribution < -0.4 is 15.8 Å². The molecule has 1 aromatic heterocycles. The number of primary sulfonamides is 1. The van der Waals surface area contributed by atoms with Crippen molar-refractivity contribution in [3.63, 3.8) is 0 Å². The van der Waals surface area contributed by atoms with Gasteiger partial charge in [0.15, 0.2) is 5.13 Å². The van der Waals surface area contributed by atoms with Gasteiger partial charge in [0, 0.05) is 28.0 Å². The number of ether oxygens (including phenoxy) is 2. The molecule has 4 N–H and O–H groups in total. The Hall–Kier alpha value is -4.00. The molecule has 0 atom stereocenters. The SMILES string of the molecule is COC(=O)C1=C(C)NC(C)=C(C(=O)OC)C1c1cccc(Nc2nc(-c3ccc(S(N)(=O)=O)cc3)cs2)c1. The number of aromatic nitrogens is 1. The molecular formula is C26H26N4O6S2. The van der Waals surface area contributed by atoms with E-state index in [4.69, 9.17) is 14.6 Å². The molecule has 3 aromatic rings. The molecule has 12 heteroatoms. The standard InChI is InChI=1S/C26H26N4O6S2/c1-14-21(24(31)35-3)23(22(15(2)28-14)25(32)36-4)17-6-5-7-18(12-17)29-26-30-20(13-37-26)16-8-10-19(11-9-16)38(27,33)34/h5-13,23,28H,1-4H3,(H,29,30)(H2,27,33,34). The van der Waals surface area contributed by atoms with Crippen LogP contribution in [0.15, 0.2) is 81.3 Å². The van der Waals surface area contributed by atoms with Gasteiger partial charge in [0.05, 0.1) is 41.9 Å². The van der Waals surface area contributed by atoms with E-state index in [0.717, 1.165) is 5.56 Å². The maximum Gasteiger partial charge on any atom is 0.336 e. The van der Waals surface area contributed by atoms with Crippen molar-refractivity contribution in [1.82, 2.24) is 10.3 Å². The molecule has 0 unspecified atom stereocenters. The topological polar surface area (TPSA) is 150 Å². The zero-order valence-electron chi connectivity index (χ0n) is 21.1. The van der Waals surface area contributed by atoms with E-state index in [1.807, 2.05) is 29.6 Å². The lowest BCUT2D eigenvalue weighted by molar-refractivity contribution is -0.137. The minimum Gasteiger partial charge on any atom is -0.466 e. The van der Waals surface area contributed by atoms with Gasteiger partial charge in [-0.05, 0) is 43.7 Å². The molecular weight excluding hydrogens is 528 g/mol. The first-order chi connectivity index (χ1) is 18.0. The third-order valence-electron chi connectivity index (χ3n) is 6.03. The van der Waals surface area contributed by atoms with Crippen molar-refractivity contribution < 1.29 is 27.5 Å². The molecule has 198 valence electrons. The summed E-state index contributed by atoms with van der Waals surface area (Å²) in [5, 5.41) is 14.0. The number of hydrogen-bond acceptors (Lipinski definition) is 10. The van der Waals surface area contributed by atoms with Crippen LogP contribution in [0.1, 0.15) is 25.3 Å². The van der Waals surface area contributed by atoms with Crippen LogP contribution in [0.5, 0.6) is 0 Å². The highest BCUT2D eigenvalue weighted by atomic mass is 32.2. The number of carbonyl (C=O) groups excluding carboxylic acids is 2. The van der Waals surface area contributed by atoms with Crippen LogP contribution in [0, 0.1) is 0 Å². The number of allylic oxidation sites excluding steroid dienone is 2. The molecule has 0 spiro atoms. The zero-order valence-corrected chi connectivity index (χ0v) is 22.7. The molecule has 0 aliphatic carbocycles. The van der Waals surface area contributed by atoms with Crippen molar-refractivity contribution in [2.45, 2.75) is 24.7 Å². The Morgan fingerprint density at radius 1 is 1.00 bits per heavy atom. The quantitative estimate of drug-likeness (QED) is 0.371. The van der Waals surface area contributed by atoms with Gasteiger partial charge in [-0.15, -0.1) is 11.3 Å². The molecule has 2 aromatic carbocycles. The number of anilines is 2. The van der Waals surface area contributed by atoms with Gasteiger partial charge in [0.25, 0.3) is 0 Å². The van der Waals surface area contributed by atoms with Gasteiger partial charge in [-0.25, -0.2) is 28.1 Å².